The fourth-order valence-electron chi connectivity index (χ4n) is 2.75. The average molecular weight is 525 g/mol. The minimum absolute atomic E-state index is 0. The van der Waals surface area contributed by atoms with Gasteiger partial charge in [0.05, 0.1) is 23.6 Å². The number of aromatic nitrogens is 3. The number of rotatable bonds is 3. The van der Waals surface area contributed by atoms with Crippen molar-refractivity contribution in [3.05, 3.63) is 38.0 Å². The summed E-state index contributed by atoms with van der Waals surface area (Å²) in [4.78, 5) is 17.0. The maximum absolute atomic E-state index is 11.3. The smallest absolute Gasteiger partial charge is 0.383 e. The van der Waals surface area contributed by atoms with Gasteiger partial charge < -0.3 is 22.8 Å². The molecule has 3 heterocycles. The van der Waals surface area contributed by atoms with Gasteiger partial charge in [-0.2, -0.15) is 5.10 Å². The zero-order valence-electron chi connectivity index (χ0n) is 19.6. The molecular formula is C21H38CsN5O2. The number of anilines is 1. The van der Waals surface area contributed by atoms with Crippen molar-refractivity contribution in [2.24, 2.45) is 0 Å². The van der Waals surface area contributed by atoms with E-state index in [4.69, 9.17) is 10.5 Å². The van der Waals surface area contributed by atoms with E-state index in [0.717, 1.165) is 36.0 Å². The minimum atomic E-state index is 0. The molecule has 0 radical (unpaired) electrons. The topological polar surface area (TPSA) is 97.1 Å². The van der Waals surface area contributed by atoms with E-state index in [1.54, 1.807) is 13.3 Å². The normalized spacial score (nSPS) is 13.9. The molecule has 1 unspecified atom stereocenters. The molecule has 0 saturated carbocycles. The quantitative estimate of drug-likeness (QED) is 0.463. The third kappa shape index (κ3) is 10.5. The van der Waals surface area contributed by atoms with Crippen LogP contribution < -0.4 is 74.6 Å². The molecule has 1 saturated heterocycles. The molecule has 0 spiro atoms. The number of carbonyl (C=O) groups is 1. The first-order valence-corrected chi connectivity index (χ1v) is 9.55. The number of nitrogens with two attached hydrogens (primary N) is 1. The molecule has 29 heavy (non-hydrogen) atoms. The van der Waals surface area contributed by atoms with Crippen LogP contribution in [-0.4, -0.2) is 52.3 Å². The van der Waals surface area contributed by atoms with Crippen molar-refractivity contribution in [3.63, 3.8) is 0 Å². The van der Waals surface area contributed by atoms with Crippen molar-refractivity contribution in [1.82, 2.24) is 20.1 Å². The van der Waals surface area contributed by atoms with Gasteiger partial charge in [0.25, 0.3) is 0 Å². The number of carbonyl (C=O) groups excluding carboxylic acids is 1. The Bertz CT molecular complexity index is 691. The Morgan fingerprint density at radius 3 is 2.55 bits per heavy atom. The van der Waals surface area contributed by atoms with Crippen LogP contribution in [0.5, 0.6) is 0 Å². The Labute approximate surface area is 235 Å². The molecule has 0 aliphatic carbocycles. The number of nitrogens with zero attached hydrogens (tertiary/aromatic N) is 3. The summed E-state index contributed by atoms with van der Waals surface area (Å²) in [5.74, 6) is 0.559. The Morgan fingerprint density at radius 2 is 2.03 bits per heavy atom. The maximum Gasteiger partial charge on any atom is 1.00 e. The Kier molecular flexibility index (Phi) is 22.5. The number of methoxy groups -OCH3 is 1. The average Bonchev–Trinajstić information content (AvgIpc) is 3.33. The first-order chi connectivity index (χ1) is 13.1. The largest absolute Gasteiger partial charge is 1.00 e. The van der Waals surface area contributed by atoms with Gasteiger partial charge in [-0.15, -0.1) is 0 Å². The number of hydrogen-bond donors (Lipinski definition) is 2. The number of hydrogen-bond acceptors (Lipinski definition) is 5. The zero-order valence-corrected chi connectivity index (χ0v) is 25.9. The number of nitrogen functional groups attached to an aromatic ring is 1. The second-order valence-corrected chi connectivity index (χ2v) is 5.43. The Balaban J connectivity index is -0.000000376. The SMILES string of the molecule is C=CC(=O)N1CCCC1COC.CC.CC.Cc1[nH]nc2ccnc(N)c12.[CH3-].[Cs+]. The molecule has 1 fully saturated rings. The van der Waals surface area contributed by atoms with Gasteiger partial charge in [0.1, 0.15) is 5.82 Å². The molecule has 2 aromatic heterocycles. The van der Waals surface area contributed by atoms with Crippen LogP contribution in [0.2, 0.25) is 0 Å². The van der Waals surface area contributed by atoms with Crippen LogP contribution in [0.25, 0.3) is 10.9 Å². The van der Waals surface area contributed by atoms with Crippen LogP contribution in [0, 0.1) is 14.4 Å². The van der Waals surface area contributed by atoms with Gasteiger partial charge in [0.2, 0.25) is 5.91 Å². The van der Waals surface area contributed by atoms with Crippen LogP contribution in [-0.2, 0) is 9.53 Å². The maximum atomic E-state index is 11.3. The first kappa shape index (κ1) is 33.3. The summed E-state index contributed by atoms with van der Waals surface area (Å²) >= 11 is 0. The number of likely N-dealkylation sites (tertiary alicyclic amines) is 1. The molecule has 2 aromatic rings. The fraction of sp³-hybridized carbons (Fsp3) is 0.524. The predicted molar refractivity (Wildman–Crippen MR) is 119 cm³/mol. The Morgan fingerprint density at radius 1 is 1.41 bits per heavy atom. The number of aromatic amines is 1. The van der Waals surface area contributed by atoms with E-state index in [0.29, 0.717) is 12.4 Å². The van der Waals surface area contributed by atoms with E-state index in [1.165, 1.54) is 6.08 Å². The molecule has 160 valence electrons. The van der Waals surface area contributed by atoms with Crippen molar-refractivity contribution in [2.75, 3.05) is 26.0 Å². The molecule has 7 nitrogen and oxygen atoms in total. The minimum Gasteiger partial charge on any atom is -0.383 e. The number of amides is 1. The summed E-state index contributed by atoms with van der Waals surface area (Å²) in [6.45, 7) is 14.9. The molecule has 1 atom stereocenters. The van der Waals surface area contributed by atoms with Crippen LogP contribution in [0.1, 0.15) is 46.2 Å². The molecule has 0 bridgehead atoms. The summed E-state index contributed by atoms with van der Waals surface area (Å²) in [6.07, 6.45) is 5.15. The van der Waals surface area contributed by atoms with Crippen molar-refractivity contribution in [1.29, 1.82) is 0 Å². The summed E-state index contributed by atoms with van der Waals surface area (Å²) < 4.78 is 5.02. The number of fused-ring (bicyclic) bond motifs is 1. The number of pyridine rings is 1. The van der Waals surface area contributed by atoms with Gasteiger partial charge in [-0.25, -0.2) is 4.98 Å². The monoisotopic (exact) mass is 525 g/mol. The van der Waals surface area contributed by atoms with E-state index in [2.05, 4.69) is 21.8 Å². The number of nitrogens with one attached hydrogen (secondary N) is 1. The van der Waals surface area contributed by atoms with Gasteiger partial charge in [0.15, 0.2) is 0 Å². The van der Waals surface area contributed by atoms with Gasteiger partial charge >= 0.3 is 68.9 Å². The fourth-order valence-corrected chi connectivity index (χ4v) is 2.75. The van der Waals surface area contributed by atoms with Crippen LogP contribution in [0.3, 0.4) is 0 Å². The standard InChI is InChI=1S/C9H15NO2.C7H8N4.2C2H6.CH3.Cs/c1-3-9(11)10-6-4-5-8(10)7-12-2;1-4-6-5(11-10-4)2-3-9-7(6)8;2*1-2;;/h3,8H,1,4-7H2,2H3;2-3H,1H3,(H2,8,9)(H,10,11);2*1-2H3;1H3;/q;;;;-1;+1. The number of ether oxygens (including phenoxy) is 1. The van der Waals surface area contributed by atoms with Gasteiger partial charge in [-0.3, -0.25) is 9.89 Å². The molecule has 0 aromatic carbocycles. The van der Waals surface area contributed by atoms with Crippen LogP contribution in [0.4, 0.5) is 5.82 Å². The van der Waals surface area contributed by atoms with Gasteiger partial charge in [0, 0.05) is 25.5 Å². The summed E-state index contributed by atoms with van der Waals surface area (Å²) in [5.41, 5.74) is 7.46. The molecule has 3 rings (SSSR count). The van der Waals surface area contributed by atoms with Gasteiger partial charge in [-0.1, -0.05) is 34.3 Å². The molecule has 1 aliphatic rings. The molecule has 1 aliphatic heterocycles. The van der Waals surface area contributed by atoms with Crippen molar-refractivity contribution >= 4 is 22.6 Å². The van der Waals surface area contributed by atoms with E-state index >= 15 is 0 Å². The van der Waals surface area contributed by atoms with E-state index < -0.39 is 0 Å². The van der Waals surface area contributed by atoms with Crippen LogP contribution in [0.15, 0.2) is 24.9 Å². The summed E-state index contributed by atoms with van der Waals surface area (Å²) in [6, 6.07) is 2.09. The van der Waals surface area contributed by atoms with Crippen molar-refractivity contribution < 1.29 is 78.4 Å². The van der Waals surface area contributed by atoms with Gasteiger partial charge in [-0.05, 0) is 31.9 Å². The Hall–Kier alpha value is -0.358. The molecule has 8 heteroatoms. The second kappa shape index (κ2) is 19.6. The third-order valence-corrected chi connectivity index (χ3v) is 3.87. The predicted octanol–water partition coefficient (Wildman–Crippen LogP) is 1.17. The molecular weight excluding hydrogens is 487 g/mol. The van der Waals surface area contributed by atoms with E-state index in [-0.39, 0.29) is 88.3 Å². The molecule has 3 N–H and O–H groups in total. The number of H-pyrrole nitrogens is 1. The second-order valence-electron chi connectivity index (χ2n) is 5.43. The van der Waals surface area contributed by atoms with Crippen LogP contribution >= 0.6 is 0 Å². The summed E-state index contributed by atoms with van der Waals surface area (Å²) in [7, 11) is 1.66. The summed E-state index contributed by atoms with van der Waals surface area (Å²) in [5, 5.41) is 7.81. The molecule has 1 amide bonds. The van der Waals surface area contributed by atoms with Crippen molar-refractivity contribution in [3.8, 4) is 0 Å². The number of aryl methyl sites for hydroxylation is 1. The van der Waals surface area contributed by atoms with Crippen molar-refractivity contribution in [2.45, 2.75) is 53.5 Å². The third-order valence-electron chi connectivity index (χ3n) is 3.87. The van der Waals surface area contributed by atoms with E-state index in [1.807, 2.05) is 45.6 Å². The van der Waals surface area contributed by atoms with E-state index in [9.17, 15) is 4.79 Å². The first-order valence-electron chi connectivity index (χ1n) is 9.55. The zero-order chi connectivity index (χ0) is 20.8.